The van der Waals surface area contributed by atoms with E-state index in [1.165, 1.54) is 238 Å². The van der Waals surface area contributed by atoms with Crippen molar-refractivity contribution in [3.63, 3.8) is 0 Å². The van der Waals surface area contributed by atoms with E-state index in [9.17, 15) is 19.4 Å². The highest BCUT2D eigenvalue weighted by Gasteiger charge is 2.24. The van der Waals surface area contributed by atoms with E-state index in [4.69, 9.17) is 9.05 Å². The van der Waals surface area contributed by atoms with Gasteiger partial charge in [-0.15, -0.1) is 0 Å². The normalized spacial score (nSPS) is 14.1. The van der Waals surface area contributed by atoms with Crippen molar-refractivity contribution in [1.82, 2.24) is 5.32 Å². The Kier molecular flexibility index (Phi) is 65.3. The number of aliphatic hydroxyl groups is 1. The van der Waals surface area contributed by atoms with Gasteiger partial charge < -0.3 is 28.8 Å². The van der Waals surface area contributed by atoms with E-state index in [1.54, 1.807) is 0 Å². The molecule has 2 N–H and O–H groups in total. The summed E-state index contributed by atoms with van der Waals surface area (Å²) >= 11 is 0. The molecule has 0 aliphatic heterocycles. The van der Waals surface area contributed by atoms with Gasteiger partial charge in [0.25, 0.3) is 7.82 Å². The lowest BCUT2D eigenvalue weighted by molar-refractivity contribution is -0.870. The van der Waals surface area contributed by atoms with Crippen LogP contribution in [0, 0.1) is 0 Å². The van der Waals surface area contributed by atoms with E-state index in [2.05, 4.69) is 104 Å². The molecule has 0 rings (SSSR count). The number of nitrogens with zero attached hydrogens (tertiary/aromatic N) is 1. The van der Waals surface area contributed by atoms with Crippen LogP contribution in [0.4, 0.5) is 0 Å². The number of likely N-dealkylation sites (N-methyl/N-ethyl adjacent to an activating group) is 1. The number of aliphatic hydroxyl groups excluding tert-OH is 1. The Hall–Kier alpha value is -2.32. The molecule has 3 atom stereocenters. The van der Waals surface area contributed by atoms with E-state index in [0.29, 0.717) is 23.9 Å². The first-order valence-electron chi connectivity index (χ1n) is 36.9. The van der Waals surface area contributed by atoms with Crippen molar-refractivity contribution in [2.45, 2.75) is 360 Å². The number of quaternary nitrogens is 1. The highest BCUT2D eigenvalue weighted by Crippen LogP contribution is 2.38. The van der Waals surface area contributed by atoms with Gasteiger partial charge in [-0.3, -0.25) is 9.36 Å². The van der Waals surface area contributed by atoms with Crippen LogP contribution in [0.3, 0.4) is 0 Å². The molecule has 1 amide bonds. The Morgan fingerprint density at radius 1 is 0.419 bits per heavy atom. The van der Waals surface area contributed by atoms with Crippen LogP contribution in [0.5, 0.6) is 0 Å². The molecule has 0 heterocycles. The van der Waals surface area contributed by atoms with Gasteiger partial charge in [-0.1, -0.05) is 356 Å². The van der Waals surface area contributed by atoms with Gasteiger partial charge >= 0.3 is 0 Å². The predicted molar refractivity (Wildman–Crippen MR) is 376 cm³/mol. The summed E-state index contributed by atoms with van der Waals surface area (Å²) < 4.78 is 23.6. The van der Waals surface area contributed by atoms with Gasteiger partial charge in [0.2, 0.25) is 5.91 Å². The summed E-state index contributed by atoms with van der Waals surface area (Å²) in [5.41, 5.74) is 0. The average Bonchev–Trinajstić information content (AvgIpc) is 3.70. The third-order valence-corrected chi connectivity index (χ3v) is 17.6. The van der Waals surface area contributed by atoms with Crippen LogP contribution >= 0.6 is 7.82 Å². The summed E-state index contributed by atoms with van der Waals surface area (Å²) in [4.78, 5) is 25.7. The van der Waals surface area contributed by atoms with Gasteiger partial charge in [0.1, 0.15) is 13.2 Å². The molecule has 0 saturated heterocycles. The molecule has 0 bridgehead atoms. The molecule has 0 aliphatic carbocycles. The zero-order valence-corrected chi connectivity index (χ0v) is 58.4. The average molecular weight is 1220 g/mol. The molecule has 3 unspecified atom stereocenters. The number of phosphoric ester groups is 1. The van der Waals surface area contributed by atoms with E-state index in [1.807, 2.05) is 21.1 Å². The summed E-state index contributed by atoms with van der Waals surface area (Å²) in [6, 6.07) is -0.806. The Morgan fingerprint density at radius 2 is 0.709 bits per heavy atom. The van der Waals surface area contributed by atoms with Gasteiger partial charge in [0, 0.05) is 6.42 Å². The molecule has 0 spiro atoms. The summed E-state index contributed by atoms with van der Waals surface area (Å²) in [5.74, 6) is -0.162. The number of phosphoric acid groups is 1. The third-order valence-electron chi connectivity index (χ3n) is 16.6. The number of hydrogen-bond donors (Lipinski definition) is 2. The molecule has 0 aromatic carbocycles. The molecule has 0 aliphatic rings. The molecule has 0 saturated carbocycles. The van der Waals surface area contributed by atoms with E-state index in [-0.39, 0.29) is 19.1 Å². The Bertz CT molecular complexity index is 1680. The summed E-state index contributed by atoms with van der Waals surface area (Å²) in [6.45, 7) is 4.65. The van der Waals surface area contributed by atoms with Crippen molar-refractivity contribution in [2.24, 2.45) is 0 Å². The van der Waals surface area contributed by atoms with Crippen molar-refractivity contribution in [3.05, 3.63) is 85.1 Å². The lowest BCUT2D eigenvalue weighted by Gasteiger charge is -2.30. The SMILES string of the molecule is CC/C=C\C/C=C\C/C=C\C/C=C\C/C=C\C/C=C\C/C=C\CCCCCCCCCCCCCCCCCC(=O)NC(COP(=O)([O-])OCC[N+](C)(C)C)C(O)CCCCCCCCCCCCCCCCCCCCCCCCCCCCC. The predicted octanol–water partition coefficient (Wildman–Crippen LogP) is 23.3. The van der Waals surface area contributed by atoms with E-state index in [0.717, 1.165) is 83.5 Å². The number of carbonyl (C=O) groups excluding carboxylic acids is 1. The molecule has 0 radical (unpaired) electrons. The van der Waals surface area contributed by atoms with Gasteiger partial charge in [0.05, 0.1) is 39.9 Å². The van der Waals surface area contributed by atoms with Crippen molar-refractivity contribution < 1.29 is 32.9 Å². The van der Waals surface area contributed by atoms with Crippen LogP contribution in [-0.4, -0.2) is 68.5 Å². The van der Waals surface area contributed by atoms with E-state index < -0.39 is 20.0 Å². The van der Waals surface area contributed by atoms with Crippen molar-refractivity contribution in [2.75, 3.05) is 40.9 Å². The quantitative estimate of drug-likeness (QED) is 0.0272. The second-order valence-corrected chi connectivity index (χ2v) is 27.7. The van der Waals surface area contributed by atoms with Gasteiger partial charge in [-0.25, -0.2) is 0 Å². The minimum atomic E-state index is -4.59. The molecular weight excluding hydrogens is 1080 g/mol. The second-order valence-electron chi connectivity index (χ2n) is 26.3. The maximum Gasteiger partial charge on any atom is 0.268 e. The molecule has 0 fully saturated rings. The minimum Gasteiger partial charge on any atom is -0.756 e. The standard InChI is InChI=1S/C77H143N2O6P/c1-6-8-10-12-14-16-18-20-22-24-26-28-30-32-34-35-36-37-38-39-40-41-42-43-45-47-49-51-53-55-57-59-61-63-65-67-69-71-77(81)78-75(74-85-86(82,83)84-73-72-79(3,4)5)76(80)70-68-66-64-62-60-58-56-54-52-50-48-46-44-33-31-29-27-25-23-21-19-17-15-13-11-9-7-2/h8,10,14,16,20,22,26,28,32,34,36-37,39-40,75-76,80H,6-7,9,11-13,15,17-19,21,23-25,27,29-31,33,35,38,41-74H2,1-5H3,(H-,78,81,82,83)/b10-8-,16-14-,22-20-,28-26-,34-32-,37-36-,40-39-. The van der Waals surface area contributed by atoms with Crippen LogP contribution in [0.15, 0.2) is 85.1 Å². The van der Waals surface area contributed by atoms with Crippen LogP contribution in [-0.2, 0) is 18.4 Å². The topological polar surface area (TPSA) is 108 Å². The van der Waals surface area contributed by atoms with Gasteiger partial charge in [0.15, 0.2) is 0 Å². The first-order valence-corrected chi connectivity index (χ1v) is 38.4. The molecular formula is C77H143N2O6P. The number of amides is 1. The zero-order chi connectivity index (χ0) is 62.6. The fraction of sp³-hybridized carbons (Fsp3) is 0.805. The number of allylic oxidation sites excluding steroid dienone is 14. The van der Waals surface area contributed by atoms with Gasteiger partial charge in [-0.2, -0.15) is 0 Å². The summed E-state index contributed by atoms with van der Waals surface area (Å²) in [7, 11) is 1.31. The molecule has 0 aromatic rings. The molecule has 86 heavy (non-hydrogen) atoms. The fourth-order valence-corrected chi connectivity index (χ4v) is 11.7. The summed E-state index contributed by atoms with van der Waals surface area (Å²) in [5, 5.41) is 14.1. The van der Waals surface area contributed by atoms with Crippen molar-refractivity contribution >= 4 is 13.7 Å². The van der Waals surface area contributed by atoms with Crippen LogP contribution in [0.2, 0.25) is 0 Å². The van der Waals surface area contributed by atoms with Crippen LogP contribution in [0.1, 0.15) is 348 Å². The Morgan fingerprint density at radius 3 is 1.03 bits per heavy atom. The number of rotatable bonds is 68. The number of hydrogen-bond acceptors (Lipinski definition) is 6. The monoisotopic (exact) mass is 1220 g/mol. The van der Waals surface area contributed by atoms with Crippen molar-refractivity contribution in [3.8, 4) is 0 Å². The zero-order valence-electron chi connectivity index (χ0n) is 57.5. The number of carbonyl (C=O) groups is 1. The minimum absolute atomic E-state index is 0.0110. The van der Waals surface area contributed by atoms with Crippen LogP contribution < -0.4 is 10.2 Å². The first-order chi connectivity index (χ1) is 42.0. The Balaban J connectivity index is 4.01. The first kappa shape index (κ1) is 83.7. The lowest BCUT2D eigenvalue weighted by Crippen LogP contribution is -2.46. The number of unbranched alkanes of at least 4 members (excludes halogenated alkanes) is 41. The highest BCUT2D eigenvalue weighted by atomic mass is 31.2. The molecule has 0 aromatic heterocycles. The third kappa shape index (κ3) is 69.2. The van der Waals surface area contributed by atoms with E-state index >= 15 is 0 Å². The molecule has 8 nitrogen and oxygen atoms in total. The molecule has 9 heteroatoms. The smallest absolute Gasteiger partial charge is 0.268 e. The Labute approximate surface area is 535 Å². The maximum absolute atomic E-state index is 13.1. The fourth-order valence-electron chi connectivity index (χ4n) is 11.0. The number of nitrogens with one attached hydrogen (secondary N) is 1. The molecule has 502 valence electrons. The second kappa shape index (κ2) is 67.1. The van der Waals surface area contributed by atoms with Crippen LogP contribution in [0.25, 0.3) is 0 Å². The lowest BCUT2D eigenvalue weighted by atomic mass is 10.0. The summed E-state index contributed by atoms with van der Waals surface area (Å²) in [6.07, 6.45) is 95.2. The van der Waals surface area contributed by atoms with Crippen molar-refractivity contribution in [1.29, 1.82) is 0 Å². The maximum atomic E-state index is 13.1. The highest BCUT2D eigenvalue weighted by molar-refractivity contribution is 7.45. The van der Waals surface area contributed by atoms with Gasteiger partial charge in [-0.05, 0) is 70.6 Å². The largest absolute Gasteiger partial charge is 0.756 e.